The van der Waals surface area contributed by atoms with Crippen LogP contribution in [-0.4, -0.2) is 30.2 Å². The zero-order valence-corrected chi connectivity index (χ0v) is 10.4. The average Bonchev–Trinajstić information content (AvgIpc) is 2.38. The van der Waals surface area contributed by atoms with E-state index in [0.29, 0.717) is 17.5 Å². The predicted molar refractivity (Wildman–Crippen MR) is 66.6 cm³/mol. The number of rotatable bonds is 3. The van der Waals surface area contributed by atoms with Gasteiger partial charge in [-0.3, -0.25) is 4.79 Å². The molecule has 2 heterocycles. The lowest BCUT2D eigenvalue weighted by Crippen LogP contribution is -2.36. The summed E-state index contributed by atoms with van der Waals surface area (Å²) in [5.74, 6) is 1.69. The Morgan fingerprint density at radius 3 is 3.18 bits per heavy atom. The lowest BCUT2D eigenvalue weighted by Gasteiger charge is -2.33. The maximum absolute atomic E-state index is 11.6. The van der Waals surface area contributed by atoms with Crippen molar-refractivity contribution in [2.45, 2.75) is 26.2 Å². The maximum Gasteiger partial charge on any atom is 0.295 e. The Hall–Kier alpha value is -1.52. The first kappa shape index (κ1) is 12.0. The van der Waals surface area contributed by atoms with Gasteiger partial charge in [0.25, 0.3) is 5.56 Å². The first-order chi connectivity index (χ1) is 8.26. The van der Waals surface area contributed by atoms with Crippen LogP contribution in [0.2, 0.25) is 0 Å². The molecule has 1 saturated heterocycles. The van der Waals surface area contributed by atoms with Gasteiger partial charge in [-0.05, 0) is 18.8 Å². The minimum atomic E-state index is -0.212. The third-order valence-electron chi connectivity index (χ3n) is 3.39. The molecule has 5 nitrogen and oxygen atoms in total. The van der Waals surface area contributed by atoms with Gasteiger partial charge in [0.05, 0.1) is 13.4 Å². The highest BCUT2D eigenvalue weighted by Crippen LogP contribution is 2.27. The second-order valence-corrected chi connectivity index (χ2v) is 4.45. The average molecular weight is 237 g/mol. The molecular formula is C12H19N3O2. The van der Waals surface area contributed by atoms with E-state index in [0.717, 1.165) is 19.5 Å². The summed E-state index contributed by atoms with van der Waals surface area (Å²) in [6.45, 7) is 4.11. The van der Waals surface area contributed by atoms with Crippen LogP contribution >= 0.6 is 0 Å². The molecule has 0 aromatic carbocycles. The van der Waals surface area contributed by atoms with E-state index in [4.69, 9.17) is 4.74 Å². The summed E-state index contributed by atoms with van der Waals surface area (Å²) in [7, 11) is 1.51. The molecule has 94 valence electrons. The fourth-order valence-corrected chi connectivity index (χ4v) is 2.38. The Balaban J connectivity index is 2.27. The van der Waals surface area contributed by atoms with Crippen LogP contribution < -0.4 is 15.2 Å². The summed E-state index contributed by atoms with van der Waals surface area (Å²) in [6.07, 6.45) is 5.02. The number of H-pyrrole nitrogens is 1. The summed E-state index contributed by atoms with van der Waals surface area (Å²) >= 11 is 0. The number of hydrogen-bond donors (Lipinski definition) is 1. The lowest BCUT2D eigenvalue weighted by atomic mass is 9.96. The van der Waals surface area contributed by atoms with Gasteiger partial charge in [0.1, 0.15) is 0 Å². The molecule has 1 fully saturated rings. The second kappa shape index (κ2) is 5.21. The fourth-order valence-electron chi connectivity index (χ4n) is 2.38. The van der Waals surface area contributed by atoms with E-state index in [1.54, 1.807) is 0 Å². The van der Waals surface area contributed by atoms with Gasteiger partial charge in [0.15, 0.2) is 5.82 Å². The van der Waals surface area contributed by atoms with Gasteiger partial charge in [-0.1, -0.05) is 13.3 Å². The quantitative estimate of drug-likeness (QED) is 0.863. The van der Waals surface area contributed by atoms with Gasteiger partial charge in [0, 0.05) is 13.1 Å². The lowest BCUT2D eigenvalue weighted by molar-refractivity contribution is 0.383. The molecular weight excluding hydrogens is 218 g/mol. The zero-order valence-electron chi connectivity index (χ0n) is 10.4. The largest absolute Gasteiger partial charge is 0.489 e. The number of aromatic nitrogens is 2. The first-order valence-electron chi connectivity index (χ1n) is 6.12. The topological polar surface area (TPSA) is 58.2 Å². The van der Waals surface area contributed by atoms with Crippen LogP contribution in [0.15, 0.2) is 11.1 Å². The zero-order chi connectivity index (χ0) is 12.3. The summed E-state index contributed by atoms with van der Waals surface area (Å²) < 4.78 is 5.15. The van der Waals surface area contributed by atoms with Crippen molar-refractivity contribution in [1.82, 2.24) is 9.97 Å². The van der Waals surface area contributed by atoms with E-state index in [-0.39, 0.29) is 5.56 Å². The summed E-state index contributed by atoms with van der Waals surface area (Å²) in [5, 5.41) is 0. The highest BCUT2D eigenvalue weighted by Gasteiger charge is 2.23. The minimum absolute atomic E-state index is 0.212. The van der Waals surface area contributed by atoms with Crippen LogP contribution in [0.4, 0.5) is 5.82 Å². The number of ether oxygens (including phenoxy) is 1. The molecule has 17 heavy (non-hydrogen) atoms. The van der Waals surface area contributed by atoms with E-state index >= 15 is 0 Å². The molecule has 0 spiro atoms. The molecule has 0 saturated carbocycles. The van der Waals surface area contributed by atoms with Gasteiger partial charge < -0.3 is 14.6 Å². The standard InChI is InChI=1S/C12H19N3O2/c1-3-9-5-4-6-15(7-9)11-10(17-2)12(16)14-8-13-11/h8-9H,3-7H2,1-2H3,(H,13,14,16). The molecule has 1 aliphatic rings. The van der Waals surface area contributed by atoms with Crippen LogP contribution in [0.25, 0.3) is 0 Å². The van der Waals surface area contributed by atoms with E-state index in [2.05, 4.69) is 21.8 Å². The SMILES string of the molecule is CCC1CCCN(c2nc[nH]c(=O)c2OC)C1. The molecule has 0 aliphatic carbocycles. The van der Waals surface area contributed by atoms with E-state index in [1.807, 2.05) is 0 Å². The number of aromatic amines is 1. The number of nitrogens with zero attached hydrogens (tertiary/aromatic N) is 2. The van der Waals surface area contributed by atoms with Gasteiger partial charge in [-0.2, -0.15) is 0 Å². The number of piperidine rings is 1. The van der Waals surface area contributed by atoms with Crippen molar-refractivity contribution in [3.63, 3.8) is 0 Å². The van der Waals surface area contributed by atoms with Crippen molar-refractivity contribution in [2.24, 2.45) is 5.92 Å². The molecule has 1 N–H and O–H groups in total. The fraction of sp³-hybridized carbons (Fsp3) is 0.667. The molecule has 1 aliphatic heterocycles. The molecule has 5 heteroatoms. The monoisotopic (exact) mass is 237 g/mol. The summed E-state index contributed by atoms with van der Waals surface area (Å²) in [4.78, 5) is 20.6. The van der Waals surface area contributed by atoms with Crippen LogP contribution in [-0.2, 0) is 0 Å². The van der Waals surface area contributed by atoms with Crippen LogP contribution in [0, 0.1) is 5.92 Å². The number of anilines is 1. The smallest absolute Gasteiger partial charge is 0.295 e. The Bertz CT molecular complexity index is 430. The van der Waals surface area contributed by atoms with E-state index in [9.17, 15) is 4.79 Å². The maximum atomic E-state index is 11.6. The van der Waals surface area contributed by atoms with Crippen molar-refractivity contribution in [3.8, 4) is 5.75 Å². The van der Waals surface area contributed by atoms with Gasteiger partial charge in [0.2, 0.25) is 5.75 Å². The Labute approximate surface area is 101 Å². The minimum Gasteiger partial charge on any atom is -0.489 e. The predicted octanol–water partition coefficient (Wildman–Crippen LogP) is 1.40. The van der Waals surface area contributed by atoms with Crippen molar-refractivity contribution >= 4 is 5.82 Å². The molecule has 1 unspecified atom stereocenters. The highest BCUT2D eigenvalue weighted by molar-refractivity contribution is 5.50. The number of hydrogen-bond acceptors (Lipinski definition) is 4. The molecule has 1 aromatic rings. The summed E-state index contributed by atoms with van der Waals surface area (Å²) in [5.41, 5.74) is -0.212. The van der Waals surface area contributed by atoms with Gasteiger partial charge in [-0.25, -0.2) is 4.98 Å². The molecule has 0 amide bonds. The Morgan fingerprint density at radius 2 is 2.47 bits per heavy atom. The second-order valence-electron chi connectivity index (χ2n) is 4.45. The van der Waals surface area contributed by atoms with Gasteiger partial charge >= 0.3 is 0 Å². The van der Waals surface area contributed by atoms with Crippen LogP contribution in [0.1, 0.15) is 26.2 Å². The third-order valence-corrected chi connectivity index (χ3v) is 3.39. The Kier molecular flexibility index (Phi) is 3.66. The normalized spacial score (nSPS) is 20.4. The van der Waals surface area contributed by atoms with Crippen LogP contribution in [0.3, 0.4) is 0 Å². The number of methoxy groups -OCH3 is 1. The number of nitrogens with one attached hydrogen (secondary N) is 1. The summed E-state index contributed by atoms with van der Waals surface area (Å²) in [6, 6.07) is 0. The molecule has 1 atom stereocenters. The Morgan fingerprint density at radius 1 is 1.65 bits per heavy atom. The van der Waals surface area contributed by atoms with Gasteiger partial charge in [-0.15, -0.1) is 0 Å². The van der Waals surface area contributed by atoms with Crippen molar-refractivity contribution in [3.05, 3.63) is 16.7 Å². The van der Waals surface area contributed by atoms with Crippen LogP contribution in [0.5, 0.6) is 5.75 Å². The van der Waals surface area contributed by atoms with E-state index < -0.39 is 0 Å². The van der Waals surface area contributed by atoms with E-state index in [1.165, 1.54) is 26.3 Å². The van der Waals surface area contributed by atoms with Crippen molar-refractivity contribution < 1.29 is 4.74 Å². The van der Waals surface area contributed by atoms with Crippen molar-refractivity contribution in [1.29, 1.82) is 0 Å². The highest BCUT2D eigenvalue weighted by atomic mass is 16.5. The molecule has 2 rings (SSSR count). The molecule has 1 aromatic heterocycles. The third kappa shape index (κ3) is 2.43. The first-order valence-corrected chi connectivity index (χ1v) is 6.12. The van der Waals surface area contributed by atoms with Crippen molar-refractivity contribution in [2.75, 3.05) is 25.1 Å². The molecule has 0 bridgehead atoms. The molecule has 0 radical (unpaired) electrons.